The Morgan fingerprint density at radius 3 is 2.93 bits per heavy atom. The topological polar surface area (TPSA) is 34.6 Å². The highest BCUT2D eigenvalue weighted by atomic mass is 16.6. The number of aromatic nitrogens is 1. The molecule has 3 nitrogen and oxygen atoms in total. The quantitative estimate of drug-likeness (QED) is 0.506. The molecular formula is C11H15NO2. The average Bonchev–Trinajstić information content (AvgIpc) is 3.03. The smallest absolute Gasteiger partial charge is 0.104 e. The molecule has 2 rings (SSSR count). The molecule has 76 valence electrons. The van der Waals surface area contributed by atoms with E-state index in [2.05, 4.69) is 4.98 Å². The summed E-state index contributed by atoms with van der Waals surface area (Å²) in [6.45, 7) is 2.46. The van der Waals surface area contributed by atoms with E-state index >= 15 is 0 Å². The number of pyridine rings is 1. The summed E-state index contributed by atoms with van der Waals surface area (Å²) in [5.41, 5.74) is 1.33. The van der Waals surface area contributed by atoms with Crippen LogP contribution in [-0.2, 0) is 15.9 Å². The molecule has 1 unspecified atom stereocenters. The van der Waals surface area contributed by atoms with Crippen molar-refractivity contribution in [3.05, 3.63) is 30.1 Å². The lowest BCUT2D eigenvalue weighted by atomic mass is 10.1. The third kappa shape index (κ3) is 3.44. The van der Waals surface area contributed by atoms with Crippen LogP contribution in [0.15, 0.2) is 24.5 Å². The first-order valence-electron chi connectivity index (χ1n) is 5.03. The van der Waals surface area contributed by atoms with Crippen molar-refractivity contribution in [3.8, 4) is 0 Å². The Labute approximate surface area is 84.1 Å². The number of nitrogens with zero attached hydrogens (tertiary/aromatic N) is 1. The molecule has 1 aliphatic heterocycles. The molecular weight excluding hydrogens is 178 g/mol. The van der Waals surface area contributed by atoms with E-state index in [0.717, 1.165) is 32.7 Å². The summed E-state index contributed by atoms with van der Waals surface area (Å²) in [5.74, 6) is 0. The first-order chi connectivity index (χ1) is 6.95. The number of hydrogen-bond acceptors (Lipinski definition) is 3. The summed E-state index contributed by atoms with van der Waals surface area (Å²) in [5, 5.41) is 0. The molecule has 0 N–H and O–H groups in total. The van der Waals surface area contributed by atoms with E-state index in [4.69, 9.17) is 9.47 Å². The fraction of sp³-hybridized carbons (Fsp3) is 0.545. The van der Waals surface area contributed by atoms with Crippen molar-refractivity contribution in [3.63, 3.8) is 0 Å². The Hall–Kier alpha value is -0.930. The zero-order valence-electron chi connectivity index (χ0n) is 8.19. The summed E-state index contributed by atoms with van der Waals surface area (Å²) in [6.07, 6.45) is 6.17. The maximum atomic E-state index is 5.44. The second-order valence-corrected chi connectivity index (χ2v) is 3.49. The Balaban J connectivity index is 1.54. The van der Waals surface area contributed by atoms with Crippen LogP contribution in [0.1, 0.15) is 12.0 Å². The van der Waals surface area contributed by atoms with Gasteiger partial charge in [0.05, 0.1) is 13.2 Å². The Kier molecular flexibility index (Phi) is 3.49. The average molecular weight is 193 g/mol. The van der Waals surface area contributed by atoms with Gasteiger partial charge in [0.2, 0.25) is 0 Å². The highest BCUT2D eigenvalue weighted by molar-refractivity contribution is 5.09. The normalized spacial score (nSPS) is 19.6. The summed E-state index contributed by atoms with van der Waals surface area (Å²) in [4.78, 5) is 3.97. The zero-order valence-corrected chi connectivity index (χ0v) is 8.19. The zero-order chi connectivity index (χ0) is 9.64. The van der Waals surface area contributed by atoms with Gasteiger partial charge in [-0.1, -0.05) is 0 Å². The van der Waals surface area contributed by atoms with Crippen LogP contribution < -0.4 is 0 Å². The molecule has 1 atom stereocenters. The SMILES string of the molecule is c1cc(CCCOCC2CO2)ccn1. The third-order valence-corrected chi connectivity index (χ3v) is 2.21. The lowest BCUT2D eigenvalue weighted by Gasteiger charge is -2.02. The van der Waals surface area contributed by atoms with Gasteiger partial charge in [0.15, 0.2) is 0 Å². The van der Waals surface area contributed by atoms with Gasteiger partial charge >= 0.3 is 0 Å². The van der Waals surface area contributed by atoms with Gasteiger partial charge in [0.1, 0.15) is 6.10 Å². The van der Waals surface area contributed by atoms with Crippen molar-refractivity contribution in [1.82, 2.24) is 4.98 Å². The monoisotopic (exact) mass is 193 g/mol. The first kappa shape index (κ1) is 9.62. The minimum absolute atomic E-state index is 0.385. The maximum Gasteiger partial charge on any atom is 0.104 e. The first-order valence-corrected chi connectivity index (χ1v) is 5.03. The molecule has 3 heteroatoms. The minimum atomic E-state index is 0.385. The van der Waals surface area contributed by atoms with Gasteiger partial charge in [0, 0.05) is 19.0 Å². The van der Waals surface area contributed by atoms with E-state index in [1.165, 1.54) is 5.56 Å². The molecule has 0 aliphatic carbocycles. The van der Waals surface area contributed by atoms with Gasteiger partial charge in [0.25, 0.3) is 0 Å². The van der Waals surface area contributed by atoms with Crippen molar-refractivity contribution in [2.45, 2.75) is 18.9 Å². The van der Waals surface area contributed by atoms with Crippen LogP contribution in [0.2, 0.25) is 0 Å². The van der Waals surface area contributed by atoms with Crippen LogP contribution in [0.25, 0.3) is 0 Å². The van der Waals surface area contributed by atoms with Gasteiger partial charge in [-0.2, -0.15) is 0 Å². The van der Waals surface area contributed by atoms with Crippen LogP contribution >= 0.6 is 0 Å². The molecule has 2 heterocycles. The van der Waals surface area contributed by atoms with Crippen molar-refractivity contribution >= 4 is 0 Å². The molecule has 0 bridgehead atoms. The highest BCUT2D eigenvalue weighted by Gasteiger charge is 2.21. The van der Waals surface area contributed by atoms with Gasteiger partial charge in [-0.15, -0.1) is 0 Å². The minimum Gasteiger partial charge on any atom is -0.379 e. The number of aryl methyl sites for hydroxylation is 1. The second-order valence-electron chi connectivity index (χ2n) is 3.49. The molecule has 0 saturated carbocycles. The largest absolute Gasteiger partial charge is 0.379 e. The van der Waals surface area contributed by atoms with Crippen LogP contribution in [0.5, 0.6) is 0 Å². The lowest BCUT2D eigenvalue weighted by molar-refractivity contribution is 0.114. The fourth-order valence-electron chi connectivity index (χ4n) is 1.31. The number of hydrogen-bond donors (Lipinski definition) is 0. The lowest BCUT2D eigenvalue weighted by Crippen LogP contribution is -2.03. The molecule has 1 fully saturated rings. The molecule has 1 saturated heterocycles. The maximum absolute atomic E-state index is 5.44. The Morgan fingerprint density at radius 1 is 1.43 bits per heavy atom. The third-order valence-electron chi connectivity index (χ3n) is 2.21. The molecule has 0 radical (unpaired) electrons. The van der Waals surface area contributed by atoms with E-state index in [-0.39, 0.29) is 0 Å². The molecule has 0 amide bonds. The summed E-state index contributed by atoms with van der Waals surface area (Å²) >= 11 is 0. The summed E-state index contributed by atoms with van der Waals surface area (Å²) in [6, 6.07) is 4.09. The van der Waals surface area contributed by atoms with E-state index in [1.54, 1.807) is 0 Å². The van der Waals surface area contributed by atoms with Crippen LogP contribution in [-0.4, -0.2) is 30.9 Å². The number of epoxide rings is 1. The number of ether oxygens (including phenoxy) is 2. The molecule has 14 heavy (non-hydrogen) atoms. The van der Waals surface area contributed by atoms with Gasteiger partial charge < -0.3 is 9.47 Å². The molecule has 1 aromatic heterocycles. The Morgan fingerprint density at radius 2 is 2.21 bits per heavy atom. The van der Waals surface area contributed by atoms with E-state index < -0.39 is 0 Å². The number of rotatable bonds is 6. The van der Waals surface area contributed by atoms with Crippen molar-refractivity contribution < 1.29 is 9.47 Å². The van der Waals surface area contributed by atoms with Crippen molar-refractivity contribution in [2.24, 2.45) is 0 Å². The predicted molar refractivity (Wildman–Crippen MR) is 53.1 cm³/mol. The van der Waals surface area contributed by atoms with Crippen LogP contribution in [0, 0.1) is 0 Å². The van der Waals surface area contributed by atoms with Gasteiger partial charge in [-0.25, -0.2) is 0 Å². The summed E-state index contributed by atoms with van der Waals surface area (Å²) in [7, 11) is 0. The van der Waals surface area contributed by atoms with Crippen molar-refractivity contribution in [2.75, 3.05) is 19.8 Å². The van der Waals surface area contributed by atoms with Gasteiger partial charge in [-0.3, -0.25) is 4.98 Å². The second kappa shape index (κ2) is 5.08. The van der Waals surface area contributed by atoms with E-state index in [1.807, 2.05) is 24.5 Å². The van der Waals surface area contributed by atoms with Crippen LogP contribution in [0.3, 0.4) is 0 Å². The highest BCUT2D eigenvalue weighted by Crippen LogP contribution is 2.09. The predicted octanol–water partition coefficient (Wildman–Crippen LogP) is 1.43. The molecule has 0 aromatic carbocycles. The van der Waals surface area contributed by atoms with Crippen LogP contribution in [0.4, 0.5) is 0 Å². The van der Waals surface area contributed by atoms with Gasteiger partial charge in [-0.05, 0) is 30.5 Å². The molecule has 1 aliphatic rings. The molecule has 0 spiro atoms. The summed E-state index contributed by atoms with van der Waals surface area (Å²) < 4.78 is 10.5. The fourth-order valence-corrected chi connectivity index (χ4v) is 1.31. The standard InChI is InChI=1S/C11H15NO2/c1(7-13-8-11-9-14-11)2-10-3-5-12-6-4-10/h3-6,11H,1-2,7-9H2. The Bertz CT molecular complexity index is 259. The van der Waals surface area contributed by atoms with Crippen molar-refractivity contribution in [1.29, 1.82) is 0 Å². The molecule has 1 aromatic rings. The van der Waals surface area contributed by atoms with E-state index in [0.29, 0.717) is 6.10 Å². The van der Waals surface area contributed by atoms with E-state index in [9.17, 15) is 0 Å².